The van der Waals surface area contributed by atoms with Gasteiger partial charge in [0.25, 0.3) is 11.4 Å². The van der Waals surface area contributed by atoms with Crippen LogP contribution in [0.4, 0.5) is 17.1 Å². The third-order valence-corrected chi connectivity index (χ3v) is 4.58. The molecule has 2 aromatic carbocycles. The van der Waals surface area contributed by atoms with Gasteiger partial charge in [-0.1, -0.05) is 12.1 Å². The second kappa shape index (κ2) is 8.07. The third kappa shape index (κ3) is 4.00. The van der Waals surface area contributed by atoms with Gasteiger partial charge < -0.3 is 5.32 Å². The van der Waals surface area contributed by atoms with Crippen molar-refractivity contribution < 1.29 is 9.85 Å². The molecule has 3 aromatic rings. The number of non-ortho nitro benzene ring substituents is 1. The monoisotopic (exact) mass is 393 g/mol. The molecule has 0 saturated carbocycles. The van der Waals surface area contributed by atoms with Crippen LogP contribution in [0.1, 0.15) is 5.01 Å². The number of nitrogens with zero attached hydrogens (tertiary/aromatic N) is 4. The highest BCUT2D eigenvalue weighted by Gasteiger charge is 2.13. The molecule has 10 heteroatoms. The fraction of sp³-hybridized carbons (Fsp3) is 0. The van der Waals surface area contributed by atoms with E-state index in [1.54, 1.807) is 29.6 Å². The van der Waals surface area contributed by atoms with E-state index in [-0.39, 0.29) is 22.6 Å². The molecule has 0 aliphatic carbocycles. The lowest BCUT2D eigenvalue weighted by atomic mass is 10.1. The lowest BCUT2D eigenvalue weighted by Gasteiger charge is -2.02. The van der Waals surface area contributed by atoms with Crippen LogP contribution in [0.2, 0.25) is 0 Å². The first-order valence-corrected chi connectivity index (χ1v) is 8.68. The Morgan fingerprint density at radius 3 is 2.46 bits per heavy atom. The molecule has 3 rings (SSSR count). The summed E-state index contributed by atoms with van der Waals surface area (Å²) in [5.74, 6) is 0. The van der Waals surface area contributed by atoms with Crippen molar-refractivity contribution in [2.24, 2.45) is 0 Å². The number of nitriles is 1. The SMILES string of the molecule is N#C/C(=C/Nc1ccccc1[N+](=O)[O-])c1nc(-c2ccc([N+](=O)[O-])cc2)cs1. The van der Waals surface area contributed by atoms with Crippen molar-refractivity contribution in [2.75, 3.05) is 5.32 Å². The molecule has 0 fully saturated rings. The fourth-order valence-corrected chi connectivity index (χ4v) is 3.13. The molecule has 0 bridgehead atoms. The molecule has 0 aliphatic rings. The summed E-state index contributed by atoms with van der Waals surface area (Å²) in [5.41, 5.74) is 1.58. The summed E-state index contributed by atoms with van der Waals surface area (Å²) in [4.78, 5) is 25.2. The van der Waals surface area contributed by atoms with Crippen LogP contribution < -0.4 is 5.32 Å². The Bertz CT molecular complexity index is 1120. The van der Waals surface area contributed by atoms with Crippen molar-refractivity contribution in [3.8, 4) is 17.3 Å². The average Bonchev–Trinajstić information content (AvgIpc) is 3.19. The summed E-state index contributed by atoms with van der Waals surface area (Å²) in [6, 6.07) is 14.0. The van der Waals surface area contributed by atoms with Gasteiger partial charge in [0.05, 0.1) is 15.5 Å². The molecule has 1 heterocycles. The summed E-state index contributed by atoms with van der Waals surface area (Å²) in [5, 5.41) is 36.1. The third-order valence-electron chi connectivity index (χ3n) is 3.70. The number of nitro benzene ring substituents is 2. The fourth-order valence-electron chi connectivity index (χ4n) is 2.33. The van der Waals surface area contributed by atoms with Gasteiger partial charge in [-0.2, -0.15) is 5.26 Å². The normalized spacial score (nSPS) is 10.9. The number of thiazole rings is 1. The first-order chi connectivity index (χ1) is 13.5. The smallest absolute Gasteiger partial charge is 0.292 e. The molecule has 0 unspecified atom stereocenters. The molecule has 0 amide bonds. The Kier molecular flexibility index (Phi) is 5.38. The van der Waals surface area contributed by atoms with Gasteiger partial charge in [-0.25, -0.2) is 4.98 Å². The van der Waals surface area contributed by atoms with Crippen LogP contribution in [0.3, 0.4) is 0 Å². The van der Waals surface area contributed by atoms with Crippen molar-refractivity contribution in [2.45, 2.75) is 0 Å². The van der Waals surface area contributed by atoms with Gasteiger partial charge in [-0.05, 0) is 18.2 Å². The molecule has 0 spiro atoms. The first-order valence-electron chi connectivity index (χ1n) is 7.80. The van der Waals surface area contributed by atoms with E-state index in [9.17, 15) is 25.5 Å². The van der Waals surface area contributed by atoms with Crippen LogP contribution in [-0.4, -0.2) is 14.8 Å². The molecule has 0 saturated heterocycles. The van der Waals surface area contributed by atoms with Crippen LogP contribution in [0.25, 0.3) is 16.8 Å². The minimum atomic E-state index is -0.516. The highest BCUT2D eigenvalue weighted by Crippen LogP contribution is 2.28. The predicted octanol–water partition coefficient (Wildman–Crippen LogP) is 4.60. The first kappa shape index (κ1) is 18.7. The Morgan fingerprint density at radius 1 is 1.11 bits per heavy atom. The van der Waals surface area contributed by atoms with Gasteiger partial charge in [0.1, 0.15) is 22.3 Å². The number of allylic oxidation sites excluding steroid dienone is 1. The minimum Gasteiger partial charge on any atom is -0.355 e. The largest absolute Gasteiger partial charge is 0.355 e. The van der Waals surface area contributed by atoms with Gasteiger partial charge >= 0.3 is 0 Å². The number of nitro groups is 2. The molecule has 0 aliphatic heterocycles. The maximum Gasteiger partial charge on any atom is 0.292 e. The number of rotatable bonds is 6. The van der Waals surface area contributed by atoms with Crippen molar-refractivity contribution in [3.63, 3.8) is 0 Å². The molecular weight excluding hydrogens is 382 g/mol. The summed E-state index contributed by atoms with van der Waals surface area (Å²) < 4.78 is 0. The maximum atomic E-state index is 11.1. The second-order valence-corrected chi connectivity index (χ2v) is 6.29. The van der Waals surface area contributed by atoms with Crippen molar-refractivity contribution >= 4 is 34.0 Å². The molecule has 138 valence electrons. The van der Waals surface area contributed by atoms with Crippen LogP contribution in [0.5, 0.6) is 0 Å². The number of nitrogens with one attached hydrogen (secondary N) is 1. The molecule has 0 radical (unpaired) electrons. The summed E-state index contributed by atoms with van der Waals surface area (Å²) in [6.45, 7) is 0. The number of hydrogen-bond donors (Lipinski definition) is 1. The number of aromatic nitrogens is 1. The van der Waals surface area contributed by atoms with Gasteiger partial charge in [-0.3, -0.25) is 20.2 Å². The van der Waals surface area contributed by atoms with E-state index >= 15 is 0 Å². The zero-order chi connectivity index (χ0) is 20.1. The molecule has 1 N–H and O–H groups in total. The molecule has 0 atom stereocenters. The minimum absolute atomic E-state index is 0.0227. The molecular formula is C18H11N5O4S. The van der Waals surface area contributed by atoms with E-state index in [2.05, 4.69) is 10.3 Å². The lowest BCUT2D eigenvalue weighted by Crippen LogP contribution is -1.96. The van der Waals surface area contributed by atoms with Gasteiger partial charge in [-0.15, -0.1) is 11.3 Å². The van der Waals surface area contributed by atoms with E-state index in [1.807, 2.05) is 6.07 Å². The summed E-state index contributed by atoms with van der Waals surface area (Å²) in [6.07, 6.45) is 1.36. The number of para-hydroxylation sites is 2. The topological polar surface area (TPSA) is 135 Å². The van der Waals surface area contributed by atoms with Crippen LogP contribution in [0, 0.1) is 31.6 Å². The van der Waals surface area contributed by atoms with Crippen LogP contribution >= 0.6 is 11.3 Å². The van der Waals surface area contributed by atoms with Crippen molar-refractivity contribution in [3.05, 3.63) is 85.3 Å². The highest BCUT2D eigenvalue weighted by atomic mass is 32.1. The molecule has 9 nitrogen and oxygen atoms in total. The van der Waals surface area contributed by atoms with Crippen LogP contribution in [-0.2, 0) is 0 Å². The van der Waals surface area contributed by atoms with E-state index in [1.165, 1.54) is 41.8 Å². The Labute approximate surface area is 162 Å². The van der Waals surface area contributed by atoms with E-state index in [4.69, 9.17) is 0 Å². The lowest BCUT2D eigenvalue weighted by molar-refractivity contribution is -0.384. The quantitative estimate of drug-likeness (QED) is 0.367. The Balaban J connectivity index is 1.84. The second-order valence-electron chi connectivity index (χ2n) is 5.43. The van der Waals surface area contributed by atoms with E-state index < -0.39 is 9.85 Å². The van der Waals surface area contributed by atoms with Gasteiger partial charge in [0.2, 0.25) is 0 Å². The summed E-state index contributed by atoms with van der Waals surface area (Å²) >= 11 is 1.22. The van der Waals surface area contributed by atoms with Crippen molar-refractivity contribution in [1.29, 1.82) is 5.26 Å². The Morgan fingerprint density at radius 2 is 1.82 bits per heavy atom. The maximum absolute atomic E-state index is 11.1. The van der Waals surface area contributed by atoms with E-state index in [0.717, 1.165) is 0 Å². The zero-order valence-electron chi connectivity index (χ0n) is 14.1. The standard InChI is InChI=1S/C18H11N5O4S/c19-9-13(10-20-15-3-1-2-4-17(15)23(26)27)18-21-16(11-28-18)12-5-7-14(8-6-12)22(24)25/h1-8,10-11,20H/b13-10-. The Hall–Kier alpha value is -4.10. The number of anilines is 1. The zero-order valence-corrected chi connectivity index (χ0v) is 14.9. The van der Waals surface area contributed by atoms with E-state index in [0.29, 0.717) is 16.3 Å². The number of hydrogen-bond acceptors (Lipinski definition) is 8. The highest BCUT2D eigenvalue weighted by molar-refractivity contribution is 7.11. The van der Waals surface area contributed by atoms with Crippen LogP contribution in [0.15, 0.2) is 60.1 Å². The number of benzene rings is 2. The van der Waals surface area contributed by atoms with Crippen molar-refractivity contribution in [1.82, 2.24) is 4.98 Å². The molecule has 28 heavy (non-hydrogen) atoms. The predicted molar refractivity (Wildman–Crippen MR) is 105 cm³/mol. The summed E-state index contributed by atoms with van der Waals surface area (Å²) in [7, 11) is 0. The van der Waals surface area contributed by atoms with Gasteiger partial charge in [0, 0.05) is 35.3 Å². The average molecular weight is 393 g/mol. The van der Waals surface area contributed by atoms with Gasteiger partial charge in [0.15, 0.2) is 0 Å². The molecule has 1 aromatic heterocycles.